The molecular weight excluding hydrogens is 280 g/mol. The number of benzene rings is 3. The van der Waals surface area contributed by atoms with E-state index in [1.54, 1.807) is 0 Å². The van der Waals surface area contributed by atoms with Gasteiger partial charge in [-0.3, -0.25) is 0 Å². The van der Waals surface area contributed by atoms with Crippen molar-refractivity contribution in [1.82, 2.24) is 0 Å². The van der Waals surface area contributed by atoms with Gasteiger partial charge < -0.3 is 4.42 Å². The number of hydrogen-bond acceptors (Lipinski definition) is 1. The molecule has 1 aromatic heterocycles. The first-order valence-electron chi connectivity index (χ1n) is 7.72. The van der Waals surface area contributed by atoms with Gasteiger partial charge in [0.1, 0.15) is 5.58 Å². The highest BCUT2D eigenvalue weighted by Crippen LogP contribution is 2.32. The summed E-state index contributed by atoms with van der Waals surface area (Å²) < 4.78 is 6.07. The molecule has 0 spiro atoms. The predicted octanol–water partition coefficient (Wildman–Crippen LogP) is 5.60. The first kappa shape index (κ1) is 13.7. The van der Waals surface area contributed by atoms with Gasteiger partial charge in [0.2, 0.25) is 0 Å². The van der Waals surface area contributed by atoms with E-state index < -0.39 is 0 Å². The van der Waals surface area contributed by atoms with Crippen LogP contribution in [-0.2, 0) is 0 Å². The van der Waals surface area contributed by atoms with Crippen LogP contribution in [0.2, 0.25) is 0 Å². The van der Waals surface area contributed by atoms with Crippen molar-refractivity contribution < 1.29 is 4.42 Å². The van der Waals surface area contributed by atoms with E-state index in [1.807, 2.05) is 36.4 Å². The minimum Gasteiger partial charge on any atom is -0.455 e. The summed E-state index contributed by atoms with van der Waals surface area (Å²) in [4.78, 5) is 0. The molecule has 0 aliphatic rings. The monoisotopic (exact) mass is 296 g/mol. The summed E-state index contributed by atoms with van der Waals surface area (Å²) in [6.45, 7) is 4.19. The molecule has 23 heavy (non-hydrogen) atoms. The lowest BCUT2D eigenvalue weighted by molar-refractivity contribution is 0.667. The van der Waals surface area contributed by atoms with Crippen molar-refractivity contribution >= 4 is 21.9 Å². The largest absolute Gasteiger partial charge is 0.455 e. The summed E-state index contributed by atoms with van der Waals surface area (Å²) >= 11 is 0. The van der Waals surface area contributed by atoms with Crippen molar-refractivity contribution in [2.45, 2.75) is 13.8 Å². The Morgan fingerprint density at radius 2 is 1.70 bits per heavy atom. The van der Waals surface area contributed by atoms with Gasteiger partial charge in [-0.25, -0.2) is 0 Å². The van der Waals surface area contributed by atoms with Gasteiger partial charge in [0.25, 0.3) is 0 Å². The quantitative estimate of drug-likeness (QED) is 0.385. The van der Waals surface area contributed by atoms with Gasteiger partial charge in [-0.05, 0) is 49.2 Å². The minimum absolute atomic E-state index is 0.881. The van der Waals surface area contributed by atoms with Crippen LogP contribution in [0.4, 0.5) is 0 Å². The van der Waals surface area contributed by atoms with Crippen LogP contribution in [0.1, 0.15) is 22.3 Å². The average Bonchev–Trinajstić information content (AvgIpc) is 2.95. The second-order valence-corrected chi connectivity index (χ2v) is 5.85. The summed E-state index contributed by atoms with van der Waals surface area (Å²) in [5, 5.41) is 2.32. The molecule has 0 atom stereocenters. The van der Waals surface area contributed by atoms with Crippen LogP contribution < -0.4 is 0 Å². The van der Waals surface area contributed by atoms with Crippen LogP contribution in [0.5, 0.6) is 0 Å². The molecule has 0 saturated heterocycles. The van der Waals surface area contributed by atoms with Gasteiger partial charge >= 0.3 is 0 Å². The third kappa shape index (κ3) is 2.39. The number of furan rings is 1. The molecule has 0 fully saturated rings. The molecule has 0 aliphatic carbocycles. The molecule has 1 heterocycles. The van der Waals surface area contributed by atoms with Crippen LogP contribution in [0.15, 0.2) is 65.1 Å². The van der Waals surface area contributed by atoms with E-state index in [0.717, 1.165) is 33.1 Å². The van der Waals surface area contributed by atoms with E-state index in [2.05, 4.69) is 50.0 Å². The first-order chi connectivity index (χ1) is 11.2. The Balaban J connectivity index is 1.93. The van der Waals surface area contributed by atoms with Crippen LogP contribution >= 0.6 is 0 Å². The maximum Gasteiger partial charge on any atom is 0.151 e. The first-order valence-corrected chi connectivity index (χ1v) is 7.72. The molecule has 4 rings (SSSR count). The van der Waals surface area contributed by atoms with Crippen molar-refractivity contribution in [3.63, 3.8) is 0 Å². The fourth-order valence-corrected chi connectivity index (χ4v) is 2.95. The summed E-state index contributed by atoms with van der Waals surface area (Å²) in [6, 6.07) is 20.5. The summed E-state index contributed by atoms with van der Waals surface area (Å²) in [6.07, 6.45) is 0. The zero-order chi connectivity index (χ0) is 15.8. The number of para-hydroxylation sites is 1. The SMILES string of the molecule is Cc1cccc(C#Cc2ccc(C)c3c2oc2ccccc23)c1. The van der Waals surface area contributed by atoms with Crippen molar-refractivity contribution in [2.24, 2.45) is 0 Å². The molecule has 0 N–H and O–H groups in total. The number of aryl methyl sites for hydroxylation is 2. The molecule has 0 radical (unpaired) electrons. The van der Waals surface area contributed by atoms with E-state index in [9.17, 15) is 0 Å². The molecule has 0 amide bonds. The van der Waals surface area contributed by atoms with E-state index >= 15 is 0 Å². The highest BCUT2D eigenvalue weighted by Gasteiger charge is 2.11. The predicted molar refractivity (Wildman–Crippen MR) is 95.6 cm³/mol. The van der Waals surface area contributed by atoms with E-state index in [-0.39, 0.29) is 0 Å². The standard InChI is InChI=1S/C22H16O/c1-15-6-5-7-17(14-15)11-13-18-12-10-16(2)21-19-8-3-4-9-20(19)23-22(18)21/h3-10,12,14H,1-2H3. The van der Waals surface area contributed by atoms with Gasteiger partial charge in [0.15, 0.2) is 5.58 Å². The Morgan fingerprint density at radius 1 is 0.826 bits per heavy atom. The Hall–Kier alpha value is -2.98. The molecule has 1 nitrogen and oxygen atoms in total. The second-order valence-electron chi connectivity index (χ2n) is 5.85. The van der Waals surface area contributed by atoms with E-state index in [0.29, 0.717) is 0 Å². The van der Waals surface area contributed by atoms with Crippen LogP contribution in [-0.4, -0.2) is 0 Å². The zero-order valence-electron chi connectivity index (χ0n) is 13.2. The van der Waals surface area contributed by atoms with E-state index in [4.69, 9.17) is 4.42 Å². The Morgan fingerprint density at radius 3 is 2.57 bits per heavy atom. The molecule has 0 unspecified atom stereocenters. The fraction of sp³-hybridized carbons (Fsp3) is 0.0909. The van der Waals surface area contributed by atoms with Crippen LogP contribution in [0.25, 0.3) is 21.9 Å². The third-order valence-corrected chi connectivity index (χ3v) is 4.09. The third-order valence-electron chi connectivity index (χ3n) is 4.09. The molecule has 3 aromatic carbocycles. The molecular formula is C22H16O. The van der Waals surface area contributed by atoms with Gasteiger partial charge in [-0.2, -0.15) is 0 Å². The Kier molecular flexibility index (Phi) is 3.17. The van der Waals surface area contributed by atoms with Crippen LogP contribution in [0, 0.1) is 25.7 Å². The summed E-state index contributed by atoms with van der Waals surface area (Å²) in [5.41, 5.74) is 6.18. The lowest BCUT2D eigenvalue weighted by Crippen LogP contribution is -1.81. The van der Waals surface area contributed by atoms with Crippen molar-refractivity contribution in [3.05, 3.63) is 82.9 Å². The summed E-state index contributed by atoms with van der Waals surface area (Å²) in [5.74, 6) is 6.52. The average molecular weight is 296 g/mol. The Labute approximate surface area is 135 Å². The number of hydrogen-bond donors (Lipinski definition) is 0. The molecule has 0 saturated carbocycles. The minimum atomic E-state index is 0.881. The van der Waals surface area contributed by atoms with Crippen molar-refractivity contribution in [1.29, 1.82) is 0 Å². The summed E-state index contributed by atoms with van der Waals surface area (Å²) in [7, 11) is 0. The van der Waals surface area contributed by atoms with Gasteiger partial charge in [0.05, 0.1) is 5.56 Å². The Bertz CT molecular complexity index is 1090. The normalized spacial score (nSPS) is 10.7. The fourth-order valence-electron chi connectivity index (χ4n) is 2.95. The van der Waals surface area contributed by atoms with Crippen molar-refractivity contribution in [3.8, 4) is 11.8 Å². The lowest BCUT2D eigenvalue weighted by atomic mass is 10.0. The highest BCUT2D eigenvalue weighted by molar-refractivity contribution is 6.08. The molecule has 0 aliphatic heterocycles. The van der Waals surface area contributed by atoms with Crippen LogP contribution in [0.3, 0.4) is 0 Å². The number of rotatable bonds is 0. The highest BCUT2D eigenvalue weighted by atomic mass is 16.3. The molecule has 1 heteroatoms. The van der Waals surface area contributed by atoms with Gasteiger partial charge in [-0.1, -0.05) is 48.2 Å². The lowest BCUT2D eigenvalue weighted by Gasteiger charge is -1.98. The maximum atomic E-state index is 6.07. The molecule has 0 bridgehead atoms. The zero-order valence-corrected chi connectivity index (χ0v) is 13.2. The smallest absolute Gasteiger partial charge is 0.151 e. The molecule has 4 aromatic rings. The van der Waals surface area contributed by atoms with Crippen molar-refractivity contribution in [2.75, 3.05) is 0 Å². The topological polar surface area (TPSA) is 13.1 Å². The van der Waals surface area contributed by atoms with Gasteiger partial charge in [0, 0.05) is 16.3 Å². The maximum absolute atomic E-state index is 6.07. The van der Waals surface area contributed by atoms with Gasteiger partial charge in [-0.15, -0.1) is 0 Å². The second kappa shape index (κ2) is 5.34. The number of fused-ring (bicyclic) bond motifs is 3. The molecule has 110 valence electrons. The van der Waals surface area contributed by atoms with E-state index in [1.165, 1.54) is 11.1 Å².